The van der Waals surface area contributed by atoms with Gasteiger partial charge in [0.25, 0.3) is 5.91 Å². The van der Waals surface area contributed by atoms with E-state index in [0.717, 1.165) is 40.8 Å². The molecule has 1 N–H and O–H groups in total. The van der Waals surface area contributed by atoms with E-state index in [2.05, 4.69) is 36.2 Å². The highest BCUT2D eigenvalue weighted by atomic mass is 79.9. The van der Waals surface area contributed by atoms with E-state index in [-0.39, 0.29) is 5.91 Å². The Kier molecular flexibility index (Phi) is 7.62. The van der Waals surface area contributed by atoms with Gasteiger partial charge in [-0.1, -0.05) is 24.4 Å². The van der Waals surface area contributed by atoms with Gasteiger partial charge in [0.05, 0.1) is 8.66 Å². The summed E-state index contributed by atoms with van der Waals surface area (Å²) in [6.07, 6.45) is 7.96. The van der Waals surface area contributed by atoms with Gasteiger partial charge in [-0.3, -0.25) is 9.69 Å². The van der Waals surface area contributed by atoms with E-state index >= 15 is 0 Å². The van der Waals surface area contributed by atoms with Crippen LogP contribution < -0.4 is 5.32 Å². The van der Waals surface area contributed by atoms with Gasteiger partial charge in [-0.15, -0.1) is 11.3 Å². The van der Waals surface area contributed by atoms with Gasteiger partial charge in [0, 0.05) is 38.8 Å². The first-order valence-electron chi connectivity index (χ1n) is 11.1. The lowest BCUT2D eigenvalue weighted by Crippen LogP contribution is -2.51. The van der Waals surface area contributed by atoms with Crippen LogP contribution in [-0.4, -0.2) is 66.2 Å². The fraction of sp³-hybridized carbons (Fsp3) is 0.636. The molecule has 2 aliphatic rings. The van der Waals surface area contributed by atoms with Gasteiger partial charge < -0.3 is 14.7 Å². The van der Waals surface area contributed by atoms with Crippen LogP contribution in [0.15, 0.2) is 20.4 Å². The summed E-state index contributed by atoms with van der Waals surface area (Å²) in [5, 5.41) is 7.17. The van der Waals surface area contributed by atoms with Gasteiger partial charge in [0.1, 0.15) is 17.0 Å². The molecule has 0 spiro atoms. The van der Waals surface area contributed by atoms with Crippen molar-refractivity contribution in [2.45, 2.75) is 51.5 Å². The van der Waals surface area contributed by atoms with Crippen LogP contribution in [0.3, 0.4) is 0 Å². The Balaban J connectivity index is 1.20. The zero-order chi connectivity index (χ0) is 20.9. The average Bonchev–Trinajstić information content (AvgIpc) is 3.37. The number of thiophene rings is 1. The Morgan fingerprint density at radius 3 is 2.70 bits per heavy atom. The number of rotatable bonds is 7. The molecule has 3 heterocycles. The normalized spacial score (nSPS) is 19.3. The second-order valence-corrected chi connectivity index (χ2v) is 10.8. The minimum atomic E-state index is -0.101. The third-order valence-corrected chi connectivity index (χ3v) is 7.96. The van der Waals surface area contributed by atoms with Crippen LogP contribution >= 0.6 is 27.3 Å². The summed E-state index contributed by atoms with van der Waals surface area (Å²) in [6, 6.07) is 4.74. The molecule has 0 unspecified atom stereocenters. The lowest BCUT2D eigenvalue weighted by Gasteiger charge is -2.40. The van der Waals surface area contributed by atoms with Gasteiger partial charge in [0.15, 0.2) is 0 Å². The fourth-order valence-electron chi connectivity index (χ4n) is 4.64. The summed E-state index contributed by atoms with van der Waals surface area (Å²) in [6.45, 7) is 8.17. The average molecular weight is 495 g/mol. The maximum absolute atomic E-state index is 12.8. The Labute approximate surface area is 191 Å². The molecule has 164 valence electrons. The van der Waals surface area contributed by atoms with Crippen molar-refractivity contribution in [3.63, 3.8) is 0 Å². The molecule has 4 rings (SSSR count). The molecule has 2 aromatic rings. The van der Waals surface area contributed by atoms with Gasteiger partial charge in [-0.05, 0) is 60.8 Å². The van der Waals surface area contributed by atoms with Crippen molar-refractivity contribution < 1.29 is 9.32 Å². The minimum Gasteiger partial charge on any atom is -0.360 e. The first kappa shape index (κ1) is 22.0. The highest BCUT2D eigenvalue weighted by molar-refractivity contribution is 9.11. The van der Waals surface area contributed by atoms with E-state index < -0.39 is 0 Å². The third kappa shape index (κ3) is 5.33. The molecule has 2 aromatic heterocycles. The van der Waals surface area contributed by atoms with Gasteiger partial charge >= 0.3 is 0 Å². The molecule has 1 aliphatic heterocycles. The summed E-state index contributed by atoms with van der Waals surface area (Å²) in [4.78, 5) is 18.9. The first-order valence-corrected chi connectivity index (χ1v) is 12.7. The molecule has 2 fully saturated rings. The smallest absolute Gasteiger partial charge is 0.257 e. The van der Waals surface area contributed by atoms with E-state index in [0.29, 0.717) is 23.6 Å². The zero-order valence-corrected chi connectivity index (χ0v) is 20.1. The van der Waals surface area contributed by atoms with Crippen LogP contribution in [0.1, 0.15) is 54.6 Å². The van der Waals surface area contributed by atoms with Crippen LogP contribution in [0.4, 0.5) is 0 Å². The molecule has 1 saturated heterocycles. The second-order valence-electron chi connectivity index (χ2n) is 8.35. The standard InChI is InChI=1S/C22H31BrN4O2S/c1-16-20(21(25-29-16)18-8-9-19(23)30-18)22(28)24-10-5-11-26-12-14-27(15-13-26)17-6-3-2-4-7-17/h8-9,17H,2-7,10-15H2,1H3,(H,24,28). The molecule has 0 atom stereocenters. The number of piperazine rings is 1. The highest BCUT2D eigenvalue weighted by Gasteiger charge is 2.25. The number of carbonyl (C=O) groups excluding carboxylic acids is 1. The van der Waals surface area contributed by atoms with Crippen LogP contribution in [0.5, 0.6) is 0 Å². The number of aromatic nitrogens is 1. The number of carbonyl (C=O) groups is 1. The summed E-state index contributed by atoms with van der Waals surface area (Å²) >= 11 is 5.01. The number of halogens is 1. The number of nitrogens with one attached hydrogen (secondary N) is 1. The van der Waals surface area contributed by atoms with Gasteiger partial charge in [-0.2, -0.15) is 0 Å². The van der Waals surface area contributed by atoms with Crippen LogP contribution in [0, 0.1) is 6.92 Å². The minimum absolute atomic E-state index is 0.101. The number of amides is 1. The molecule has 6 nitrogen and oxygen atoms in total. The molecular weight excluding hydrogens is 464 g/mol. The Morgan fingerprint density at radius 2 is 2.00 bits per heavy atom. The van der Waals surface area contributed by atoms with E-state index in [1.165, 1.54) is 45.2 Å². The molecule has 1 amide bonds. The van der Waals surface area contributed by atoms with E-state index in [4.69, 9.17) is 4.52 Å². The number of nitrogens with zero attached hydrogens (tertiary/aromatic N) is 3. The molecular formula is C22H31BrN4O2S. The Morgan fingerprint density at radius 1 is 1.23 bits per heavy atom. The quantitative estimate of drug-likeness (QED) is 0.572. The Bertz CT molecular complexity index is 838. The Hall–Kier alpha value is -1.22. The van der Waals surface area contributed by atoms with Crippen molar-refractivity contribution in [3.05, 3.63) is 27.2 Å². The monoisotopic (exact) mass is 494 g/mol. The lowest BCUT2D eigenvalue weighted by molar-refractivity contribution is 0.0779. The molecule has 1 saturated carbocycles. The lowest BCUT2D eigenvalue weighted by atomic mass is 9.94. The van der Waals surface area contributed by atoms with E-state index in [9.17, 15) is 4.79 Å². The summed E-state index contributed by atoms with van der Waals surface area (Å²) < 4.78 is 6.32. The van der Waals surface area contributed by atoms with Crippen molar-refractivity contribution in [2.24, 2.45) is 0 Å². The van der Waals surface area contributed by atoms with Crippen LogP contribution in [0.2, 0.25) is 0 Å². The zero-order valence-electron chi connectivity index (χ0n) is 17.7. The largest absolute Gasteiger partial charge is 0.360 e. The third-order valence-electron chi connectivity index (χ3n) is 6.33. The van der Waals surface area contributed by atoms with Gasteiger partial charge in [0.2, 0.25) is 0 Å². The van der Waals surface area contributed by atoms with Crippen molar-refractivity contribution in [2.75, 3.05) is 39.3 Å². The fourth-order valence-corrected chi connectivity index (χ4v) is 6.01. The maximum atomic E-state index is 12.8. The molecule has 0 bridgehead atoms. The van der Waals surface area contributed by atoms with E-state index in [1.54, 1.807) is 18.3 Å². The van der Waals surface area contributed by atoms with Crippen LogP contribution in [0.25, 0.3) is 10.6 Å². The SMILES string of the molecule is Cc1onc(-c2ccc(Br)s2)c1C(=O)NCCCN1CCN(C2CCCCC2)CC1. The van der Waals surface area contributed by atoms with Crippen molar-refractivity contribution in [1.82, 2.24) is 20.3 Å². The first-order chi connectivity index (χ1) is 14.6. The molecule has 8 heteroatoms. The van der Waals surface area contributed by atoms with Crippen molar-refractivity contribution in [1.29, 1.82) is 0 Å². The highest BCUT2D eigenvalue weighted by Crippen LogP contribution is 2.33. The molecule has 0 radical (unpaired) electrons. The summed E-state index contributed by atoms with van der Waals surface area (Å²) in [5.74, 6) is 0.459. The molecule has 30 heavy (non-hydrogen) atoms. The number of hydrogen-bond acceptors (Lipinski definition) is 6. The van der Waals surface area contributed by atoms with Crippen molar-refractivity contribution >= 4 is 33.2 Å². The predicted molar refractivity (Wildman–Crippen MR) is 124 cm³/mol. The number of hydrogen-bond donors (Lipinski definition) is 1. The van der Waals surface area contributed by atoms with Crippen molar-refractivity contribution in [3.8, 4) is 10.6 Å². The van der Waals surface area contributed by atoms with Gasteiger partial charge in [-0.25, -0.2) is 0 Å². The van der Waals surface area contributed by atoms with Crippen LogP contribution in [-0.2, 0) is 0 Å². The maximum Gasteiger partial charge on any atom is 0.257 e. The topological polar surface area (TPSA) is 61.6 Å². The van der Waals surface area contributed by atoms with E-state index in [1.807, 2.05) is 12.1 Å². The summed E-state index contributed by atoms with van der Waals surface area (Å²) in [5.41, 5.74) is 1.17. The second kappa shape index (κ2) is 10.4. The number of aryl methyl sites for hydroxylation is 1. The molecule has 1 aliphatic carbocycles. The predicted octanol–water partition coefficient (Wildman–Crippen LogP) is 4.54. The molecule has 0 aromatic carbocycles. The summed E-state index contributed by atoms with van der Waals surface area (Å²) in [7, 11) is 0.